The van der Waals surface area contributed by atoms with Crippen molar-refractivity contribution in [1.82, 2.24) is 10.3 Å². The maximum atomic E-state index is 3.80. The molecular weight excluding hydrogens is 232 g/mol. The average molecular weight is 254 g/mol. The zero-order valence-electron chi connectivity index (χ0n) is 11.8. The fraction of sp³-hybridized carbons (Fsp3) is 0.529. The van der Waals surface area contributed by atoms with Gasteiger partial charge >= 0.3 is 0 Å². The first kappa shape index (κ1) is 11.5. The van der Waals surface area contributed by atoms with Gasteiger partial charge in [-0.3, -0.25) is 0 Å². The summed E-state index contributed by atoms with van der Waals surface area (Å²) in [6, 6.07) is 6.15. The molecule has 1 atom stereocenters. The molecule has 4 rings (SSSR count). The van der Waals surface area contributed by atoms with E-state index in [1.807, 2.05) is 0 Å². The summed E-state index contributed by atoms with van der Waals surface area (Å²) in [6.07, 6.45) is 6.46. The summed E-state index contributed by atoms with van der Waals surface area (Å²) < 4.78 is 0. The molecule has 0 bridgehead atoms. The Morgan fingerprint density at radius 1 is 1.11 bits per heavy atom. The smallest absolute Gasteiger partial charge is 0.0488 e. The molecule has 0 spiro atoms. The van der Waals surface area contributed by atoms with Crippen LogP contribution in [-0.4, -0.2) is 17.1 Å². The molecule has 1 aromatic carbocycles. The first-order chi connectivity index (χ1) is 9.20. The highest BCUT2D eigenvalue weighted by atomic mass is 15.0. The lowest BCUT2D eigenvalue weighted by atomic mass is 9.90. The van der Waals surface area contributed by atoms with Crippen LogP contribution in [0.1, 0.15) is 41.6 Å². The van der Waals surface area contributed by atoms with Crippen LogP contribution < -0.4 is 5.32 Å². The van der Waals surface area contributed by atoms with E-state index in [0.29, 0.717) is 6.04 Å². The minimum absolute atomic E-state index is 0.694. The number of benzene rings is 1. The summed E-state index contributed by atoms with van der Waals surface area (Å²) in [5.41, 5.74) is 7.19. The number of nitrogens with one attached hydrogen (secondary N) is 2. The van der Waals surface area contributed by atoms with Crippen molar-refractivity contribution in [2.45, 2.75) is 58.0 Å². The van der Waals surface area contributed by atoms with Crippen LogP contribution in [0.15, 0.2) is 12.1 Å². The number of H-pyrrole nitrogens is 1. The molecule has 2 aliphatic carbocycles. The van der Waals surface area contributed by atoms with Crippen LogP contribution in [0.3, 0.4) is 0 Å². The third kappa shape index (κ3) is 1.99. The molecule has 100 valence electrons. The van der Waals surface area contributed by atoms with Gasteiger partial charge in [0.2, 0.25) is 0 Å². The Morgan fingerprint density at radius 3 is 2.74 bits per heavy atom. The number of aromatic nitrogens is 1. The SMILES string of the molecule is Cc1cc(C)c2[nH]c3c(c2c1)CC(NC1CC1)CC3. The van der Waals surface area contributed by atoms with Crippen LogP contribution in [0.25, 0.3) is 10.9 Å². The molecule has 1 aromatic heterocycles. The number of aromatic amines is 1. The number of rotatable bonds is 2. The second-order valence-corrected chi connectivity index (χ2v) is 6.47. The predicted octanol–water partition coefficient (Wildman–Crippen LogP) is 3.39. The van der Waals surface area contributed by atoms with E-state index < -0.39 is 0 Å². The van der Waals surface area contributed by atoms with Gasteiger partial charge in [0.25, 0.3) is 0 Å². The molecule has 1 heterocycles. The number of hydrogen-bond acceptors (Lipinski definition) is 1. The van der Waals surface area contributed by atoms with Crippen LogP contribution in [0.4, 0.5) is 0 Å². The highest BCUT2D eigenvalue weighted by molar-refractivity contribution is 5.88. The maximum absolute atomic E-state index is 3.80. The van der Waals surface area contributed by atoms with Gasteiger partial charge < -0.3 is 10.3 Å². The minimum atomic E-state index is 0.694. The van der Waals surface area contributed by atoms with Crippen LogP contribution in [-0.2, 0) is 12.8 Å². The standard InChI is InChI=1S/C17H22N2/c1-10-7-11(2)17-15(8-10)14-9-13(18-12-3-4-12)5-6-16(14)19-17/h7-8,12-13,18-19H,3-6,9H2,1-2H3. The molecule has 1 fully saturated rings. The van der Waals surface area contributed by atoms with E-state index in [1.165, 1.54) is 59.8 Å². The molecule has 2 aromatic rings. The molecule has 1 unspecified atom stereocenters. The molecule has 2 aliphatic rings. The van der Waals surface area contributed by atoms with Gasteiger partial charge in [0, 0.05) is 28.7 Å². The van der Waals surface area contributed by atoms with Gasteiger partial charge in [-0.15, -0.1) is 0 Å². The molecule has 2 N–H and O–H groups in total. The van der Waals surface area contributed by atoms with Crippen molar-refractivity contribution in [2.24, 2.45) is 0 Å². The molecule has 0 aliphatic heterocycles. The van der Waals surface area contributed by atoms with Gasteiger partial charge in [0.1, 0.15) is 0 Å². The van der Waals surface area contributed by atoms with Gasteiger partial charge in [-0.2, -0.15) is 0 Å². The third-order valence-corrected chi connectivity index (χ3v) is 4.69. The lowest BCUT2D eigenvalue weighted by Crippen LogP contribution is -2.35. The monoisotopic (exact) mass is 254 g/mol. The Hall–Kier alpha value is -1.28. The van der Waals surface area contributed by atoms with Crippen molar-refractivity contribution in [3.8, 4) is 0 Å². The summed E-state index contributed by atoms with van der Waals surface area (Å²) in [4.78, 5) is 3.67. The molecule has 0 radical (unpaired) electrons. The lowest BCUT2D eigenvalue weighted by molar-refractivity contribution is 0.455. The van der Waals surface area contributed by atoms with Crippen LogP contribution >= 0.6 is 0 Å². The summed E-state index contributed by atoms with van der Waals surface area (Å²) in [7, 11) is 0. The van der Waals surface area contributed by atoms with E-state index in [1.54, 1.807) is 5.56 Å². The first-order valence-corrected chi connectivity index (χ1v) is 7.57. The summed E-state index contributed by atoms with van der Waals surface area (Å²) >= 11 is 0. The molecule has 1 saturated carbocycles. The van der Waals surface area contributed by atoms with Gasteiger partial charge in [-0.25, -0.2) is 0 Å². The van der Waals surface area contributed by atoms with Crippen molar-refractivity contribution < 1.29 is 0 Å². The minimum Gasteiger partial charge on any atom is -0.358 e. The molecule has 19 heavy (non-hydrogen) atoms. The lowest BCUT2D eigenvalue weighted by Gasteiger charge is -2.23. The third-order valence-electron chi connectivity index (χ3n) is 4.69. The summed E-state index contributed by atoms with van der Waals surface area (Å²) in [5.74, 6) is 0. The van der Waals surface area contributed by atoms with E-state index in [2.05, 4.69) is 36.3 Å². The van der Waals surface area contributed by atoms with Crippen molar-refractivity contribution in [3.05, 3.63) is 34.5 Å². The maximum Gasteiger partial charge on any atom is 0.0488 e. The van der Waals surface area contributed by atoms with Crippen molar-refractivity contribution in [1.29, 1.82) is 0 Å². The topological polar surface area (TPSA) is 27.8 Å². The van der Waals surface area contributed by atoms with Crippen molar-refractivity contribution in [2.75, 3.05) is 0 Å². The first-order valence-electron chi connectivity index (χ1n) is 7.57. The van der Waals surface area contributed by atoms with Gasteiger partial charge in [-0.1, -0.05) is 11.6 Å². The fourth-order valence-electron chi connectivity index (χ4n) is 3.60. The zero-order valence-corrected chi connectivity index (χ0v) is 11.8. The van der Waals surface area contributed by atoms with Crippen LogP contribution in [0, 0.1) is 13.8 Å². The summed E-state index contributed by atoms with van der Waals surface area (Å²) in [5, 5.41) is 5.27. The Bertz CT molecular complexity index is 634. The van der Waals surface area contributed by atoms with Crippen LogP contribution in [0.2, 0.25) is 0 Å². The molecule has 2 heteroatoms. The Morgan fingerprint density at radius 2 is 1.95 bits per heavy atom. The van der Waals surface area contributed by atoms with Crippen molar-refractivity contribution in [3.63, 3.8) is 0 Å². The van der Waals surface area contributed by atoms with E-state index in [4.69, 9.17) is 0 Å². The largest absolute Gasteiger partial charge is 0.358 e. The molecular formula is C17H22N2. The van der Waals surface area contributed by atoms with E-state index in [9.17, 15) is 0 Å². The second-order valence-electron chi connectivity index (χ2n) is 6.47. The molecule has 0 saturated heterocycles. The fourth-order valence-corrected chi connectivity index (χ4v) is 3.60. The second kappa shape index (κ2) is 4.11. The zero-order chi connectivity index (χ0) is 13.0. The van der Waals surface area contributed by atoms with E-state index in [-0.39, 0.29) is 0 Å². The van der Waals surface area contributed by atoms with E-state index >= 15 is 0 Å². The predicted molar refractivity (Wildman–Crippen MR) is 79.7 cm³/mol. The van der Waals surface area contributed by atoms with Gasteiger partial charge in [0.15, 0.2) is 0 Å². The molecule has 2 nitrogen and oxygen atoms in total. The normalized spacial score (nSPS) is 22.7. The van der Waals surface area contributed by atoms with E-state index in [0.717, 1.165) is 6.04 Å². The highest BCUT2D eigenvalue weighted by Gasteiger charge is 2.28. The average Bonchev–Trinajstić information content (AvgIpc) is 3.10. The summed E-state index contributed by atoms with van der Waals surface area (Å²) in [6.45, 7) is 4.42. The highest BCUT2D eigenvalue weighted by Crippen LogP contribution is 2.32. The Kier molecular flexibility index (Phi) is 2.49. The number of fused-ring (bicyclic) bond motifs is 3. The van der Waals surface area contributed by atoms with Crippen molar-refractivity contribution >= 4 is 10.9 Å². The Balaban J connectivity index is 1.75. The number of hydrogen-bond donors (Lipinski definition) is 2. The van der Waals surface area contributed by atoms with Gasteiger partial charge in [-0.05, 0) is 63.1 Å². The molecule has 0 amide bonds. The number of aryl methyl sites for hydroxylation is 3. The van der Waals surface area contributed by atoms with Crippen LogP contribution in [0.5, 0.6) is 0 Å². The quantitative estimate of drug-likeness (QED) is 0.844. The Labute approximate surface area is 114 Å². The van der Waals surface area contributed by atoms with Gasteiger partial charge in [0.05, 0.1) is 0 Å².